The van der Waals surface area contributed by atoms with Gasteiger partial charge in [-0.15, -0.1) is 0 Å². The van der Waals surface area contributed by atoms with E-state index in [0.29, 0.717) is 24.0 Å². The zero-order chi connectivity index (χ0) is 18.0. The molecule has 1 aliphatic heterocycles. The molecule has 3 atom stereocenters. The SMILES string of the molecule is COC1=CC2[C@H]3Cc4ccc(OC)c(O)c4[C@@]2(CC[N+]3(C)C)CC1=O. The number of benzene rings is 1. The number of fused-ring (bicyclic) bond motifs is 1. The minimum atomic E-state index is -0.357. The van der Waals surface area contributed by atoms with Crippen LogP contribution in [0.1, 0.15) is 24.0 Å². The third-order valence-electron chi connectivity index (χ3n) is 6.76. The molecule has 1 saturated heterocycles. The third kappa shape index (κ3) is 2.08. The van der Waals surface area contributed by atoms with Crippen LogP contribution in [0, 0.1) is 5.92 Å². The second-order valence-electron chi connectivity index (χ2n) is 8.19. The van der Waals surface area contributed by atoms with Gasteiger partial charge in [0.2, 0.25) is 0 Å². The van der Waals surface area contributed by atoms with Crippen LogP contribution < -0.4 is 4.74 Å². The quantitative estimate of drug-likeness (QED) is 0.836. The number of ether oxygens (including phenoxy) is 2. The van der Waals surface area contributed by atoms with Crippen molar-refractivity contribution in [2.24, 2.45) is 5.92 Å². The number of likely N-dealkylation sites (N-methyl/N-ethyl adjacent to an activating group) is 1. The highest BCUT2D eigenvalue weighted by molar-refractivity contribution is 5.96. The van der Waals surface area contributed by atoms with Crippen LogP contribution in [0.5, 0.6) is 11.5 Å². The monoisotopic (exact) mass is 344 g/mol. The number of nitrogens with zero attached hydrogens (tertiary/aromatic N) is 1. The van der Waals surface area contributed by atoms with Gasteiger partial charge in [0.05, 0.1) is 34.9 Å². The number of ketones is 1. The minimum absolute atomic E-state index is 0.0276. The number of piperidine rings is 1. The lowest BCUT2D eigenvalue weighted by molar-refractivity contribution is -0.925. The highest BCUT2D eigenvalue weighted by Crippen LogP contribution is 2.58. The van der Waals surface area contributed by atoms with Gasteiger partial charge in [-0.1, -0.05) is 6.07 Å². The van der Waals surface area contributed by atoms with Gasteiger partial charge >= 0.3 is 0 Å². The molecule has 0 radical (unpaired) electrons. The van der Waals surface area contributed by atoms with Gasteiger partial charge in [0, 0.05) is 36.2 Å². The summed E-state index contributed by atoms with van der Waals surface area (Å²) in [5.74, 6) is 1.36. The number of rotatable bonds is 2. The number of phenolic OH excluding ortho intramolecular Hbond substituents is 1. The molecule has 0 saturated carbocycles. The van der Waals surface area contributed by atoms with E-state index < -0.39 is 0 Å². The summed E-state index contributed by atoms with van der Waals surface area (Å²) in [5.41, 5.74) is 1.71. The number of aromatic hydroxyl groups is 1. The van der Waals surface area contributed by atoms with Gasteiger partial charge in [-0.2, -0.15) is 0 Å². The smallest absolute Gasteiger partial charge is 0.197 e. The molecule has 1 unspecified atom stereocenters. The fourth-order valence-electron chi connectivity index (χ4n) is 5.40. The Balaban J connectivity index is 1.99. The van der Waals surface area contributed by atoms with Crippen molar-refractivity contribution in [3.63, 3.8) is 0 Å². The predicted molar refractivity (Wildman–Crippen MR) is 93.6 cm³/mol. The lowest BCUT2D eigenvalue weighted by atomic mass is 9.53. The van der Waals surface area contributed by atoms with Crippen LogP contribution >= 0.6 is 0 Å². The van der Waals surface area contributed by atoms with Gasteiger partial charge in [0.15, 0.2) is 23.0 Å². The fourth-order valence-corrected chi connectivity index (χ4v) is 5.40. The van der Waals surface area contributed by atoms with E-state index in [1.54, 1.807) is 14.2 Å². The standard InChI is InChI=1S/C20H25NO4/c1-21(2)8-7-20-11-15(22)17(25-4)10-13(20)14(21)9-12-5-6-16(24-3)19(23)18(12)20/h5-6,10,13-14H,7-9,11H2,1-4H3/p+1/t13?,14-,20+/m1/s1. The molecule has 5 heteroatoms. The zero-order valence-electron chi connectivity index (χ0n) is 15.3. The molecule has 0 amide bonds. The van der Waals surface area contributed by atoms with E-state index in [9.17, 15) is 9.90 Å². The van der Waals surface area contributed by atoms with E-state index in [0.717, 1.165) is 35.0 Å². The minimum Gasteiger partial charge on any atom is -0.504 e. The number of quaternary nitrogens is 1. The van der Waals surface area contributed by atoms with Crippen LogP contribution in [-0.4, -0.2) is 56.3 Å². The molecule has 134 valence electrons. The highest BCUT2D eigenvalue weighted by atomic mass is 16.5. The summed E-state index contributed by atoms with van der Waals surface area (Å²) in [5, 5.41) is 10.9. The summed E-state index contributed by atoms with van der Waals surface area (Å²) in [4.78, 5) is 12.7. The van der Waals surface area contributed by atoms with E-state index >= 15 is 0 Å². The number of Topliss-reactive ketones (excluding diaryl/α,β-unsaturated/α-hetero) is 1. The molecule has 1 N–H and O–H groups in total. The summed E-state index contributed by atoms with van der Waals surface area (Å²) in [7, 11) is 7.66. The molecule has 4 rings (SSSR count). The number of methoxy groups -OCH3 is 2. The number of hydrogen-bond donors (Lipinski definition) is 1. The number of carbonyl (C=O) groups excluding carboxylic acids is 1. The molecular weight excluding hydrogens is 318 g/mol. The van der Waals surface area contributed by atoms with Crippen molar-refractivity contribution in [2.75, 3.05) is 34.9 Å². The lowest BCUT2D eigenvalue weighted by Crippen LogP contribution is -2.67. The van der Waals surface area contributed by atoms with Gasteiger partial charge < -0.3 is 19.1 Å². The number of phenols is 1. The largest absolute Gasteiger partial charge is 0.504 e. The van der Waals surface area contributed by atoms with Crippen LogP contribution in [0.2, 0.25) is 0 Å². The molecule has 0 aromatic heterocycles. The fraction of sp³-hybridized carbons (Fsp3) is 0.550. The Bertz CT molecular complexity index is 782. The first-order valence-electron chi connectivity index (χ1n) is 8.85. The van der Waals surface area contributed by atoms with Crippen LogP contribution in [0.15, 0.2) is 24.0 Å². The molecule has 3 aliphatic rings. The van der Waals surface area contributed by atoms with Gasteiger partial charge in [0.1, 0.15) is 6.04 Å². The number of likely N-dealkylation sites (tertiary alicyclic amines) is 1. The molecule has 2 bridgehead atoms. The molecule has 25 heavy (non-hydrogen) atoms. The molecule has 1 fully saturated rings. The van der Waals surface area contributed by atoms with E-state index in [2.05, 4.69) is 20.2 Å². The summed E-state index contributed by atoms with van der Waals surface area (Å²) in [6, 6.07) is 4.26. The Labute approximate surface area is 148 Å². The van der Waals surface area contributed by atoms with Gasteiger partial charge in [0.25, 0.3) is 0 Å². The summed E-state index contributed by atoms with van der Waals surface area (Å²) >= 11 is 0. The Hall–Kier alpha value is -2.01. The second kappa shape index (κ2) is 5.24. The first-order chi connectivity index (χ1) is 11.8. The Kier molecular flexibility index (Phi) is 3.45. The van der Waals surface area contributed by atoms with E-state index in [1.807, 2.05) is 12.1 Å². The maximum absolute atomic E-state index is 12.7. The van der Waals surface area contributed by atoms with Crippen molar-refractivity contribution in [1.82, 2.24) is 0 Å². The van der Waals surface area contributed by atoms with Crippen molar-refractivity contribution >= 4 is 5.78 Å². The summed E-state index contributed by atoms with van der Waals surface area (Å²) in [6.07, 6.45) is 4.17. The first kappa shape index (κ1) is 16.5. The first-order valence-corrected chi connectivity index (χ1v) is 8.85. The van der Waals surface area contributed by atoms with Crippen LogP contribution in [0.25, 0.3) is 0 Å². The van der Waals surface area contributed by atoms with Crippen LogP contribution in [0.3, 0.4) is 0 Å². The Morgan fingerprint density at radius 1 is 1.24 bits per heavy atom. The van der Waals surface area contributed by atoms with E-state index in [-0.39, 0.29) is 22.9 Å². The van der Waals surface area contributed by atoms with E-state index in [4.69, 9.17) is 9.47 Å². The van der Waals surface area contributed by atoms with E-state index in [1.165, 1.54) is 0 Å². The molecular formula is C20H26NO4+. The van der Waals surface area contributed by atoms with Gasteiger partial charge in [-0.05, 0) is 17.7 Å². The highest BCUT2D eigenvalue weighted by Gasteiger charge is 2.60. The number of allylic oxidation sites excluding steroid dienone is 1. The molecule has 1 heterocycles. The molecule has 5 nitrogen and oxygen atoms in total. The van der Waals surface area contributed by atoms with Crippen LogP contribution in [0.4, 0.5) is 0 Å². The van der Waals surface area contributed by atoms with Crippen molar-refractivity contribution < 1.29 is 23.9 Å². The lowest BCUT2D eigenvalue weighted by Gasteiger charge is -2.58. The predicted octanol–water partition coefficient (Wildman–Crippen LogP) is 2.16. The number of hydrogen-bond acceptors (Lipinski definition) is 4. The average molecular weight is 344 g/mol. The van der Waals surface area contributed by atoms with Gasteiger partial charge in [-0.3, -0.25) is 4.79 Å². The van der Waals surface area contributed by atoms with Crippen molar-refractivity contribution in [3.05, 3.63) is 35.1 Å². The summed E-state index contributed by atoms with van der Waals surface area (Å²) < 4.78 is 11.6. The molecule has 2 aliphatic carbocycles. The Morgan fingerprint density at radius 3 is 2.68 bits per heavy atom. The normalized spacial score (nSPS) is 32.3. The third-order valence-corrected chi connectivity index (χ3v) is 6.76. The molecule has 1 aromatic carbocycles. The van der Waals surface area contributed by atoms with Gasteiger partial charge in [-0.25, -0.2) is 0 Å². The Morgan fingerprint density at radius 2 is 2.00 bits per heavy atom. The zero-order valence-corrected chi connectivity index (χ0v) is 15.3. The molecule has 1 aromatic rings. The second-order valence-corrected chi connectivity index (χ2v) is 8.19. The number of carbonyl (C=O) groups is 1. The topological polar surface area (TPSA) is 55.8 Å². The van der Waals surface area contributed by atoms with Crippen molar-refractivity contribution in [2.45, 2.75) is 30.7 Å². The average Bonchev–Trinajstić information content (AvgIpc) is 2.58. The maximum Gasteiger partial charge on any atom is 0.197 e. The summed E-state index contributed by atoms with van der Waals surface area (Å²) in [6.45, 7) is 0.987. The maximum atomic E-state index is 12.7. The molecule has 0 spiro atoms. The van der Waals surface area contributed by atoms with Crippen molar-refractivity contribution in [3.8, 4) is 11.5 Å². The van der Waals surface area contributed by atoms with Crippen molar-refractivity contribution in [1.29, 1.82) is 0 Å². The van der Waals surface area contributed by atoms with Crippen LogP contribution in [-0.2, 0) is 21.4 Å².